The molecule has 2 aromatic rings. The molecule has 90 valence electrons. The SMILES string of the molecule is Cc1cccc(SCc2noc(CCCl)n2)c1. The van der Waals surface area contributed by atoms with E-state index in [0.717, 1.165) is 11.6 Å². The van der Waals surface area contributed by atoms with Crippen LogP contribution in [0.25, 0.3) is 0 Å². The Labute approximate surface area is 110 Å². The van der Waals surface area contributed by atoms with Crippen LogP contribution in [0.2, 0.25) is 0 Å². The summed E-state index contributed by atoms with van der Waals surface area (Å²) in [5.74, 6) is 2.55. The molecule has 0 unspecified atom stereocenters. The molecule has 0 saturated heterocycles. The number of thioether (sulfide) groups is 1. The van der Waals surface area contributed by atoms with Gasteiger partial charge in [-0.15, -0.1) is 23.4 Å². The summed E-state index contributed by atoms with van der Waals surface area (Å²) in [4.78, 5) is 5.47. The van der Waals surface area contributed by atoms with Crippen LogP contribution in [-0.4, -0.2) is 16.0 Å². The van der Waals surface area contributed by atoms with E-state index in [1.165, 1.54) is 10.5 Å². The van der Waals surface area contributed by atoms with Crippen LogP contribution in [0.1, 0.15) is 17.3 Å². The predicted octanol–water partition coefficient (Wildman–Crippen LogP) is 3.45. The van der Waals surface area contributed by atoms with E-state index >= 15 is 0 Å². The third-order valence-corrected chi connectivity index (χ3v) is 3.35. The van der Waals surface area contributed by atoms with Crippen molar-refractivity contribution in [2.75, 3.05) is 5.88 Å². The van der Waals surface area contributed by atoms with Crippen LogP contribution in [0.4, 0.5) is 0 Å². The van der Waals surface area contributed by atoms with Gasteiger partial charge in [0.2, 0.25) is 5.89 Å². The van der Waals surface area contributed by atoms with E-state index < -0.39 is 0 Å². The Morgan fingerprint density at radius 2 is 2.29 bits per heavy atom. The Kier molecular flexibility index (Phi) is 4.45. The van der Waals surface area contributed by atoms with Crippen molar-refractivity contribution in [3.63, 3.8) is 0 Å². The zero-order valence-corrected chi connectivity index (χ0v) is 11.1. The van der Waals surface area contributed by atoms with E-state index in [1.807, 2.05) is 6.07 Å². The van der Waals surface area contributed by atoms with Crippen molar-refractivity contribution in [2.24, 2.45) is 0 Å². The van der Waals surface area contributed by atoms with Crippen LogP contribution in [-0.2, 0) is 12.2 Å². The van der Waals surface area contributed by atoms with Gasteiger partial charge in [-0.25, -0.2) is 0 Å². The van der Waals surface area contributed by atoms with Crippen LogP contribution in [0.15, 0.2) is 33.7 Å². The molecule has 0 atom stereocenters. The van der Waals surface area contributed by atoms with Gasteiger partial charge in [0.15, 0.2) is 5.82 Å². The highest BCUT2D eigenvalue weighted by molar-refractivity contribution is 7.98. The number of hydrogen-bond donors (Lipinski definition) is 0. The summed E-state index contributed by atoms with van der Waals surface area (Å²) in [5, 5.41) is 3.91. The molecule has 2 rings (SSSR count). The summed E-state index contributed by atoms with van der Waals surface area (Å²) in [5.41, 5.74) is 1.26. The second-order valence-corrected chi connectivity index (χ2v) is 5.08. The molecule has 0 bridgehead atoms. The minimum atomic E-state index is 0.507. The lowest BCUT2D eigenvalue weighted by molar-refractivity contribution is 0.378. The third-order valence-electron chi connectivity index (χ3n) is 2.18. The smallest absolute Gasteiger partial charge is 0.227 e. The van der Waals surface area contributed by atoms with Crippen molar-refractivity contribution in [2.45, 2.75) is 24.0 Å². The molecule has 17 heavy (non-hydrogen) atoms. The number of nitrogens with zero attached hydrogens (tertiary/aromatic N) is 2. The van der Waals surface area contributed by atoms with Gasteiger partial charge >= 0.3 is 0 Å². The van der Waals surface area contributed by atoms with Crippen molar-refractivity contribution >= 4 is 23.4 Å². The quantitative estimate of drug-likeness (QED) is 0.615. The lowest BCUT2D eigenvalue weighted by Crippen LogP contribution is -1.87. The van der Waals surface area contributed by atoms with Gasteiger partial charge in [-0.2, -0.15) is 4.98 Å². The van der Waals surface area contributed by atoms with Crippen LogP contribution < -0.4 is 0 Å². The maximum atomic E-state index is 5.60. The highest BCUT2D eigenvalue weighted by Gasteiger charge is 2.06. The number of aromatic nitrogens is 2. The van der Waals surface area contributed by atoms with Gasteiger partial charge in [0, 0.05) is 17.2 Å². The molecule has 0 radical (unpaired) electrons. The summed E-state index contributed by atoms with van der Waals surface area (Å²) in [6.07, 6.45) is 0.629. The molecular formula is C12H13ClN2OS. The van der Waals surface area contributed by atoms with Gasteiger partial charge in [0.1, 0.15) is 0 Å². The van der Waals surface area contributed by atoms with Gasteiger partial charge in [-0.05, 0) is 19.1 Å². The monoisotopic (exact) mass is 268 g/mol. The molecule has 1 aromatic heterocycles. The largest absolute Gasteiger partial charge is 0.339 e. The van der Waals surface area contributed by atoms with Gasteiger partial charge in [0.25, 0.3) is 0 Å². The van der Waals surface area contributed by atoms with Gasteiger partial charge in [0.05, 0.1) is 5.75 Å². The zero-order valence-electron chi connectivity index (χ0n) is 9.52. The second-order valence-electron chi connectivity index (χ2n) is 3.65. The van der Waals surface area contributed by atoms with Gasteiger partial charge < -0.3 is 4.52 Å². The fraction of sp³-hybridized carbons (Fsp3) is 0.333. The summed E-state index contributed by atoms with van der Waals surface area (Å²) in [7, 11) is 0. The van der Waals surface area contributed by atoms with Crippen molar-refractivity contribution < 1.29 is 4.52 Å². The number of aryl methyl sites for hydroxylation is 2. The van der Waals surface area contributed by atoms with Gasteiger partial charge in [-0.1, -0.05) is 22.9 Å². The molecule has 1 aromatic carbocycles. The molecule has 3 nitrogen and oxygen atoms in total. The predicted molar refractivity (Wildman–Crippen MR) is 69.5 cm³/mol. The van der Waals surface area contributed by atoms with Crippen molar-refractivity contribution in [3.05, 3.63) is 41.5 Å². The topological polar surface area (TPSA) is 38.9 Å². The van der Waals surface area contributed by atoms with Crippen molar-refractivity contribution in [1.82, 2.24) is 10.1 Å². The number of alkyl halides is 1. The van der Waals surface area contributed by atoms with Crippen LogP contribution in [0.5, 0.6) is 0 Å². The summed E-state index contributed by atoms with van der Waals surface area (Å²) < 4.78 is 5.06. The first kappa shape index (κ1) is 12.5. The van der Waals surface area contributed by atoms with Gasteiger partial charge in [-0.3, -0.25) is 0 Å². The maximum absolute atomic E-state index is 5.60. The molecule has 0 aliphatic rings. The molecule has 1 heterocycles. The number of benzene rings is 1. The first-order valence-corrected chi connectivity index (χ1v) is 6.87. The number of halogens is 1. The lowest BCUT2D eigenvalue weighted by atomic mass is 10.2. The summed E-state index contributed by atoms with van der Waals surface area (Å²) in [6, 6.07) is 8.35. The second kappa shape index (κ2) is 6.07. The Balaban J connectivity index is 1.93. The van der Waals surface area contributed by atoms with Crippen molar-refractivity contribution in [3.8, 4) is 0 Å². The normalized spacial score (nSPS) is 10.7. The highest BCUT2D eigenvalue weighted by Crippen LogP contribution is 2.22. The molecule has 0 aliphatic heterocycles. The molecule has 0 amide bonds. The number of rotatable bonds is 5. The summed E-state index contributed by atoms with van der Waals surface area (Å²) in [6.45, 7) is 2.08. The first-order chi connectivity index (χ1) is 8.28. The highest BCUT2D eigenvalue weighted by atomic mass is 35.5. The fourth-order valence-corrected chi connectivity index (χ4v) is 2.40. The zero-order chi connectivity index (χ0) is 12.1. The van der Waals surface area contributed by atoms with Crippen LogP contribution in [0.3, 0.4) is 0 Å². The number of hydrogen-bond acceptors (Lipinski definition) is 4. The molecule has 0 N–H and O–H groups in total. The molecule has 0 saturated carbocycles. The Morgan fingerprint density at radius 1 is 1.41 bits per heavy atom. The first-order valence-electron chi connectivity index (χ1n) is 5.35. The molecule has 5 heteroatoms. The minimum Gasteiger partial charge on any atom is -0.339 e. The van der Waals surface area contributed by atoms with Crippen LogP contribution in [0, 0.1) is 6.92 Å². The third kappa shape index (κ3) is 3.75. The van der Waals surface area contributed by atoms with E-state index in [0.29, 0.717) is 18.2 Å². The van der Waals surface area contributed by atoms with Crippen molar-refractivity contribution in [1.29, 1.82) is 0 Å². The fourth-order valence-electron chi connectivity index (χ4n) is 1.38. The molecule has 0 fully saturated rings. The average Bonchev–Trinajstić information content (AvgIpc) is 2.75. The molecule has 0 spiro atoms. The lowest BCUT2D eigenvalue weighted by Gasteiger charge is -1.99. The Morgan fingerprint density at radius 3 is 3.06 bits per heavy atom. The van der Waals surface area contributed by atoms with Crippen LogP contribution >= 0.6 is 23.4 Å². The Hall–Kier alpha value is -1.00. The van der Waals surface area contributed by atoms with E-state index in [1.54, 1.807) is 11.8 Å². The van der Waals surface area contributed by atoms with E-state index in [4.69, 9.17) is 16.1 Å². The molecule has 0 aliphatic carbocycles. The Bertz CT molecular complexity index is 487. The van der Waals surface area contributed by atoms with E-state index in [2.05, 4.69) is 35.3 Å². The van der Waals surface area contributed by atoms with E-state index in [-0.39, 0.29) is 0 Å². The van der Waals surface area contributed by atoms with E-state index in [9.17, 15) is 0 Å². The standard InChI is InChI=1S/C12H13ClN2OS/c1-9-3-2-4-10(7-9)17-8-11-14-12(5-6-13)16-15-11/h2-4,7H,5-6,8H2,1H3. The molecular weight excluding hydrogens is 256 g/mol. The summed E-state index contributed by atoms with van der Waals surface area (Å²) >= 11 is 7.30. The minimum absolute atomic E-state index is 0.507. The maximum Gasteiger partial charge on any atom is 0.227 e. The average molecular weight is 269 g/mol.